The third-order valence-electron chi connectivity index (χ3n) is 2.64. The van der Waals surface area contributed by atoms with Gasteiger partial charge in [-0.05, 0) is 24.7 Å². The number of rotatable bonds is 5. The molecule has 1 heterocycles. The lowest BCUT2D eigenvalue weighted by Crippen LogP contribution is -2.10. The molecule has 0 aliphatic carbocycles. The van der Waals surface area contributed by atoms with Gasteiger partial charge in [-0.1, -0.05) is 17.3 Å². The molecule has 0 radical (unpaired) electrons. The lowest BCUT2D eigenvalue weighted by molar-refractivity contribution is 0.411. The molecule has 0 aliphatic heterocycles. The summed E-state index contributed by atoms with van der Waals surface area (Å²) in [5, 5.41) is 7.13. The Hall–Kier alpha value is -1.81. The molecule has 2 rings (SSSR count). The first-order valence-electron chi connectivity index (χ1n) is 5.57. The largest absolute Gasteiger partial charge is 0.497 e. The number of nitrogens with zero attached hydrogens (tertiary/aromatic N) is 1. The average Bonchev–Trinajstić information content (AvgIpc) is 2.84. The minimum absolute atomic E-state index is 0.836. The van der Waals surface area contributed by atoms with Gasteiger partial charge in [0.15, 0.2) is 0 Å². The highest BCUT2D eigenvalue weighted by molar-refractivity contribution is 5.66. The summed E-state index contributed by atoms with van der Waals surface area (Å²) >= 11 is 0. The van der Waals surface area contributed by atoms with E-state index in [1.807, 2.05) is 31.3 Å². The van der Waals surface area contributed by atoms with E-state index >= 15 is 0 Å². The van der Waals surface area contributed by atoms with Gasteiger partial charge in [-0.2, -0.15) is 0 Å². The molecule has 2 aromatic rings. The van der Waals surface area contributed by atoms with Crippen molar-refractivity contribution in [3.05, 3.63) is 36.2 Å². The van der Waals surface area contributed by atoms with Gasteiger partial charge in [0.1, 0.15) is 12.0 Å². The van der Waals surface area contributed by atoms with Gasteiger partial charge in [-0.25, -0.2) is 0 Å². The van der Waals surface area contributed by atoms with Gasteiger partial charge in [-0.3, -0.25) is 0 Å². The number of hydrogen-bond acceptors (Lipinski definition) is 4. The normalized spacial score (nSPS) is 10.5. The molecule has 0 atom stereocenters. The van der Waals surface area contributed by atoms with Crippen LogP contribution in [0.15, 0.2) is 35.1 Å². The minimum Gasteiger partial charge on any atom is -0.497 e. The fourth-order valence-electron chi connectivity index (χ4n) is 1.71. The molecule has 1 aromatic heterocycles. The van der Waals surface area contributed by atoms with Crippen molar-refractivity contribution < 1.29 is 9.26 Å². The van der Waals surface area contributed by atoms with Crippen LogP contribution in [-0.2, 0) is 6.42 Å². The summed E-state index contributed by atoms with van der Waals surface area (Å²) in [5.41, 5.74) is 3.06. The van der Waals surface area contributed by atoms with Crippen LogP contribution < -0.4 is 10.1 Å². The van der Waals surface area contributed by atoms with Crippen molar-refractivity contribution in [2.24, 2.45) is 0 Å². The second-order valence-corrected chi connectivity index (χ2v) is 3.76. The zero-order valence-electron chi connectivity index (χ0n) is 10.1. The van der Waals surface area contributed by atoms with E-state index in [0.717, 1.165) is 35.5 Å². The summed E-state index contributed by atoms with van der Waals surface area (Å²) < 4.78 is 10.3. The van der Waals surface area contributed by atoms with Crippen LogP contribution in [0.3, 0.4) is 0 Å². The molecule has 0 bridgehead atoms. The molecule has 0 saturated carbocycles. The van der Waals surface area contributed by atoms with E-state index in [2.05, 4.69) is 10.5 Å². The Morgan fingerprint density at radius 2 is 2.29 bits per heavy atom. The number of nitrogens with one attached hydrogen (secondary N) is 1. The molecule has 17 heavy (non-hydrogen) atoms. The fourth-order valence-corrected chi connectivity index (χ4v) is 1.71. The Morgan fingerprint density at radius 3 is 3.06 bits per heavy atom. The van der Waals surface area contributed by atoms with Crippen LogP contribution in [0, 0.1) is 0 Å². The zero-order valence-corrected chi connectivity index (χ0v) is 10.1. The van der Waals surface area contributed by atoms with Crippen LogP contribution in [0.1, 0.15) is 5.69 Å². The maximum Gasteiger partial charge on any atom is 0.131 e. The SMILES string of the molecule is CNCCc1nocc1-c1cccc(OC)c1. The first-order chi connectivity index (χ1) is 8.35. The van der Waals surface area contributed by atoms with Gasteiger partial charge < -0.3 is 14.6 Å². The Labute approximate surface area is 101 Å². The summed E-state index contributed by atoms with van der Waals surface area (Å²) in [6.07, 6.45) is 2.53. The number of ether oxygens (including phenoxy) is 1. The first kappa shape index (κ1) is 11.7. The standard InChI is InChI=1S/C13H16N2O2/c1-14-7-6-13-12(9-17-15-13)10-4-3-5-11(8-10)16-2/h3-5,8-9,14H,6-7H2,1-2H3. The topological polar surface area (TPSA) is 47.3 Å². The first-order valence-corrected chi connectivity index (χ1v) is 5.57. The van der Waals surface area contributed by atoms with Gasteiger partial charge in [0, 0.05) is 18.5 Å². The van der Waals surface area contributed by atoms with Crippen molar-refractivity contribution in [3.63, 3.8) is 0 Å². The molecule has 0 amide bonds. The molecule has 0 unspecified atom stereocenters. The van der Waals surface area contributed by atoms with E-state index in [1.54, 1.807) is 13.4 Å². The second-order valence-electron chi connectivity index (χ2n) is 3.76. The average molecular weight is 232 g/mol. The predicted molar refractivity (Wildman–Crippen MR) is 66.1 cm³/mol. The number of likely N-dealkylation sites (N-methyl/N-ethyl adjacent to an activating group) is 1. The Kier molecular flexibility index (Phi) is 3.77. The van der Waals surface area contributed by atoms with E-state index in [-0.39, 0.29) is 0 Å². The highest BCUT2D eigenvalue weighted by Crippen LogP contribution is 2.26. The van der Waals surface area contributed by atoms with E-state index in [1.165, 1.54) is 0 Å². The maximum atomic E-state index is 5.21. The molecular formula is C13H16N2O2. The van der Waals surface area contributed by atoms with Crippen LogP contribution in [-0.4, -0.2) is 25.9 Å². The van der Waals surface area contributed by atoms with Crippen molar-refractivity contribution in [2.75, 3.05) is 20.7 Å². The van der Waals surface area contributed by atoms with Crippen molar-refractivity contribution in [3.8, 4) is 16.9 Å². The Morgan fingerprint density at radius 1 is 1.41 bits per heavy atom. The molecular weight excluding hydrogens is 216 g/mol. The minimum atomic E-state index is 0.836. The van der Waals surface area contributed by atoms with Gasteiger partial charge in [0.2, 0.25) is 0 Å². The van der Waals surface area contributed by atoms with Crippen LogP contribution in [0.25, 0.3) is 11.1 Å². The van der Waals surface area contributed by atoms with E-state index in [0.29, 0.717) is 0 Å². The fraction of sp³-hybridized carbons (Fsp3) is 0.308. The van der Waals surface area contributed by atoms with Crippen molar-refractivity contribution in [1.29, 1.82) is 0 Å². The molecule has 90 valence electrons. The van der Waals surface area contributed by atoms with E-state index in [9.17, 15) is 0 Å². The summed E-state index contributed by atoms with van der Waals surface area (Å²) in [6, 6.07) is 7.89. The van der Waals surface area contributed by atoms with Crippen molar-refractivity contribution >= 4 is 0 Å². The molecule has 0 spiro atoms. The molecule has 0 saturated heterocycles. The lowest BCUT2D eigenvalue weighted by Gasteiger charge is -2.04. The molecule has 0 fully saturated rings. The zero-order chi connectivity index (χ0) is 12.1. The van der Waals surface area contributed by atoms with Gasteiger partial charge >= 0.3 is 0 Å². The summed E-state index contributed by atoms with van der Waals surface area (Å²) in [4.78, 5) is 0. The lowest BCUT2D eigenvalue weighted by atomic mass is 10.0. The highest BCUT2D eigenvalue weighted by Gasteiger charge is 2.10. The maximum absolute atomic E-state index is 5.21. The number of methoxy groups -OCH3 is 1. The second kappa shape index (κ2) is 5.50. The quantitative estimate of drug-likeness (QED) is 0.857. The van der Waals surface area contributed by atoms with Crippen molar-refractivity contribution in [1.82, 2.24) is 10.5 Å². The van der Waals surface area contributed by atoms with E-state index in [4.69, 9.17) is 9.26 Å². The third kappa shape index (κ3) is 2.65. The van der Waals surface area contributed by atoms with Crippen molar-refractivity contribution in [2.45, 2.75) is 6.42 Å². The number of hydrogen-bond donors (Lipinski definition) is 1. The van der Waals surface area contributed by atoms with Crippen LogP contribution in [0.4, 0.5) is 0 Å². The Balaban J connectivity index is 2.28. The summed E-state index contributed by atoms with van der Waals surface area (Å²) in [6.45, 7) is 0.878. The summed E-state index contributed by atoms with van der Waals surface area (Å²) in [5.74, 6) is 0.836. The number of aromatic nitrogens is 1. The van der Waals surface area contributed by atoms with Gasteiger partial charge in [0.05, 0.1) is 12.8 Å². The monoisotopic (exact) mass is 232 g/mol. The number of benzene rings is 1. The summed E-state index contributed by atoms with van der Waals surface area (Å²) in [7, 11) is 3.58. The van der Waals surface area contributed by atoms with Gasteiger partial charge in [-0.15, -0.1) is 0 Å². The van der Waals surface area contributed by atoms with E-state index < -0.39 is 0 Å². The van der Waals surface area contributed by atoms with Crippen LogP contribution in [0.5, 0.6) is 5.75 Å². The smallest absolute Gasteiger partial charge is 0.131 e. The van der Waals surface area contributed by atoms with Crippen LogP contribution in [0.2, 0.25) is 0 Å². The van der Waals surface area contributed by atoms with Crippen LogP contribution >= 0.6 is 0 Å². The molecule has 0 aliphatic rings. The van der Waals surface area contributed by atoms with Gasteiger partial charge in [0.25, 0.3) is 0 Å². The Bertz CT molecular complexity index is 480. The highest BCUT2D eigenvalue weighted by atomic mass is 16.5. The molecule has 1 N–H and O–H groups in total. The molecule has 4 heteroatoms. The predicted octanol–water partition coefficient (Wildman–Crippen LogP) is 2.11. The third-order valence-corrected chi connectivity index (χ3v) is 2.64. The molecule has 4 nitrogen and oxygen atoms in total. The molecule has 1 aromatic carbocycles.